The van der Waals surface area contributed by atoms with E-state index < -0.39 is 0 Å². The van der Waals surface area contributed by atoms with Crippen LogP contribution in [0.5, 0.6) is 5.75 Å². The molecule has 0 aliphatic rings. The zero-order valence-electron chi connectivity index (χ0n) is 13.0. The van der Waals surface area contributed by atoms with Gasteiger partial charge in [-0.05, 0) is 48.2 Å². The van der Waals surface area contributed by atoms with Crippen LogP contribution in [0.1, 0.15) is 28.6 Å². The van der Waals surface area contributed by atoms with Crippen molar-refractivity contribution in [3.63, 3.8) is 0 Å². The smallest absolute Gasteiger partial charge is 0.189 e. The molecule has 0 N–H and O–H groups in total. The SMILES string of the molecule is CCCOc1ccccc1C(=O)/C=C/c1cc2ccccc2s1. The average Bonchev–Trinajstić information content (AvgIpc) is 3.01. The second-order valence-corrected chi connectivity index (χ2v) is 6.34. The highest BCUT2D eigenvalue weighted by Crippen LogP contribution is 2.26. The van der Waals surface area contributed by atoms with Crippen LogP contribution in [-0.2, 0) is 0 Å². The van der Waals surface area contributed by atoms with Gasteiger partial charge < -0.3 is 4.74 Å². The molecule has 116 valence electrons. The summed E-state index contributed by atoms with van der Waals surface area (Å²) in [5.74, 6) is 0.620. The summed E-state index contributed by atoms with van der Waals surface area (Å²) in [6, 6.07) is 17.7. The summed E-state index contributed by atoms with van der Waals surface area (Å²) in [4.78, 5) is 13.5. The number of allylic oxidation sites excluding steroid dienone is 1. The van der Waals surface area contributed by atoms with Crippen molar-refractivity contribution in [1.82, 2.24) is 0 Å². The van der Waals surface area contributed by atoms with Gasteiger partial charge in [0.05, 0.1) is 12.2 Å². The molecule has 0 saturated heterocycles. The number of fused-ring (bicyclic) bond motifs is 1. The van der Waals surface area contributed by atoms with Crippen LogP contribution in [0, 0.1) is 0 Å². The van der Waals surface area contributed by atoms with Crippen molar-refractivity contribution in [1.29, 1.82) is 0 Å². The van der Waals surface area contributed by atoms with Crippen LogP contribution in [-0.4, -0.2) is 12.4 Å². The molecule has 1 heterocycles. The maximum Gasteiger partial charge on any atom is 0.189 e. The molecule has 3 rings (SSSR count). The van der Waals surface area contributed by atoms with E-state index >= 15 is 0 Å². The van der Waals surface area contributed by atoms with Crippen molar-refractivity contribution in [2.45, 2.75) is 13.3 Å². The Bertz CT molecular complexity index is 812. The molecule has 0 aliphatic heterocycles. The number of hydrogen-bond acceptors (Lipinski definition) is 3. The Morgan fingerprint density at radius 3 is 2.74 bits per heavy atom. The van der Waals surface area contributed by atoms with Gasteiger partial charge in [0.2, 0.25) is 0 Å². The first-order valence-corrected chi connectivity index (χ1v) is 8.52. The molecule has 0 aliphatic carbocycles. The molecular formula is C20H18O2S. The molecule has 0 unspecified atom stereocenters. The summed E-state index contributed by atoms with van der Waals surface area (Å²) in [6.45, 7) is 2.66. The number of hydrogen-bond donors (Lipinski definition) is 0. The van der Waals surface area contributed by atoms with Gasteiger partial charge >= 0.3 is 0 Å². The van der Waals surface area contributed by atoms with Crippen LogP contribution >= 0.6 is 11.3 Å². The second-order valence-electron chi connectivity index (χ2n) is 5.23. The highest BCUT2D eigenvalue weighted by Gasteiger charge is 2.09. The fourth-order valence-corrected chi connectivity index (χ4v) is 3.31. The van der Waals surface area contributed by atoms with E-state index in [1.54, 1.807) is 17.4 Å². The topological polar surface area (TPSA) is 26.3 Å². The maximum atomic E-state index is 12.5. The molecule has 0 saturated carbocycles. The number of rotatable bonds is 6. The van der Waals surface area contributed by atoms with Gasteiger partial charge in [0, 0.05) is 9.58 Å². The summed E-state index contributed by atoms with van der Waals surface area (Å²) in [6.07, 6.45) is 4.42. The van der Waals surface area contributed by atoms with E-state index in [1.165, 1.54) is 10.1 Å². The molecule has 0 fully saturated rings. The normalized spacial score (nSPS) is 11.2. The van der Waals surface area contributed by atoms with Gasteiger partial charge in [-0.2, -0.15) is 0 Å². The molecule has 2 aromatic carbocycles. The van der Waals surface area contributed by atoms with Crippen LogP contribution in [0.15, 0.2) is 60.7 Å². The molecule has 0 bridgehead atoms. The Hall–Kier alpha value is -2.39. The van der Waals surface area contributed by atoms with Crippen molar-refractivity contribution in [3.05, 3.63) is 71.1 Å². The second kappa shape index (κ2) is 7.25. The first-order chi connectivity index (χ1) is 11.3. The van der Waals surface area contributed by atoms with Gasteiger partial charge in [0.15, 0.2) is 5.78 Å². The average molecular weight is 322 g/mol. The molecule has 1 aromatic heterocycles. The number of thiophene rings is 1. The molecule has 3 heteroatoms. The van der Waals surface area contributed by atoms with Crippen LogP contribution in [0.2, 0.25) is 0 Å². The van der Waals surface area contributed by atoms with Crippen LogP contribution < -0.4 is 4.74 Å². The van der Waals surface area contributed by atoms with Crippen molar-refractivity contribution < 1.29 is 9.53 Å². The number of ether oxygens (including phenoxy) is 1. The van der Waals surface area contributed by atoms with Gasteiger partial charge in [0.1, 0.15) is 5.75 Å². The van der Waals surface area contributed by atoms with Gasteiger partial charge in [-0.25, -0.2) is 0 Å². The van der Waals surface area contributed by atoms with E-state index in [2.05, 4.69) is 18.2 Å². The lowest BCUT2D eigenvalue weighted by atomic mass is 10.1. The molecule has 3 aromatic rings. The van der Waals surface area contributed by atoms with Gasteiger partial charge in [-0.15, -0.1) is 11.3 Å². The lowest BCUT2D eigenvalue weighted by molar-refractivity contribution is 0.104. The van der Waals surface area contributed by atoms with E-state index in [1.807, 2.05) is 49.4 Å². The zero-order valence-corrected chi connectivity index (χ0v) is 13.8. The van der Waals surface area contributed by atoms with E-state index in [9.17, 15) is 4.79 Å². The standard InChI is InChI=1S/C20H18O2S/c1-2-13-22-19-9-5-4-8-17(19)18(21)12-11-16-14-15-7-3-6-10-20(15)23-16/h3-12,14H,2,13H2,1H3/b12-11+. The van der Waals surface area contributed by atoms with Crippen molar-refractivity contribution in [3.8, 4) is 5.75 Å². The number of carbonyl (C=O) groups is 1. The Morgan fingerprint density at radius 1 is 1.13 bits per heavy atom. The molecule has 0 spiro atoms. The third-order valence-corrected chi connectivity index (χ3v) is 4.54. The first kappa shape index (κ1) is 15.5. The number of ketones is 1. The van der Waals surface area contributed by atoms with Crippen LogP contribution in [0.3, 0.4) is 0 Å². The lowest BCUT2D eigenvalue weighted by Gasteiger charge is -2.08. The minimum atomic E-state index is -0.0332. The van der Waals surface area contributed by atoms with Crippen LogP contribution in [0.4, 0.5) is 0 Å². The molecule has 0 amide bonds. The van der Waals surface area contributed by atoms with Gasteiger partial charge in [0.25, 0.3) is 0 Å². The van der Waals surface area contributed by atoms with Crippen molar-refractivity contribution in [2.24, 2.45) is 0 Å². The fourth-order valence-electron chi connectivity index (χ4n) is 2.34. The predicted octanol–water partition coefficient (Wildman–Crippen LogP) is 5.59. The lowest BCUT2D eigenvalue weighted by Crippen LogP contribution is -2.02. The summed E-state index contributed by atoms with van der Waals surface area (Å²) in [5.41, 5.74) is 0.610. The minimum absolute atomic E-state index is 0.0332. The molecular weight excluding hydrogens is 304 g/mol. The Morgan fingerprint density at radius 2 is 1.91 bits per heavy atom. The van der Waals surface area contributed by atoms with E-state index in [-0.39, 0.29) is 5.78 Å². The summed E-state index contributed by atoms with van der Waals surface area (Å²) in [7, 11) is 0. The molecule has 0 radical (unpaired) electrons. The number of para-hydroxylation sites is 1. The molecule has 2 nitrogen and oxygen atoms in total. The quantitative estimate of drug-likeness (QED) is 0.437. The van der Waals surface area contributed by atoms with Gasteiger partial charge in [-0.1, -0.05) is 37.3 Å². The van der Waals surface area contributed by atoms with E-state index in [0.29, 0.717) is 17.9 Å². The third kappa shape index (κ3) is 3.69. The first-order valence-electron chi connectivity index (χ1n) is 7.71. The van der Waals surface area contributed by atoms with E-state index in [4.69, 9.17) is 4.74 Å². The molecule has 23 heavy (non-hydrogen) atoms. The number of benzene rings is 2. The van der Waals surface area contributed by atoms with Crippen molar-refractivity contribution >= 4 is 33.3 Å². The third-order valence-electron chi connectivity index (χ3n) is 3.46. The molecule has 0 atom stereocenters. The maximum absolute atomic E-state index is 12.5. The number of carbonyl (C=O) groups excluding carboxylic acids is 1. The summed E-state index contributed by atoms with van der Waals surface area (Å²) < 4.78 is 6.88. The van der Waals surface area contributed by atoms with E-state index in [0.717, 1.165) is 11.3 Å². The Labute approximate surface area is 140 Å². The summed E-state index contributed by atoms with van der Waals surface area (Å²) in [5, 5.41) is 1.20. The van der Waals surface area contributed by atoms with Gasteiger partial charge in [-0.3, -0.25) is 4.79 Å². The fraction of sp³-hybridized carbons (Fsp3) is 0.150. The Kier molecular flexibility index (Phi) is 4.89. The Balaban J connectivity index is 1.81. The predicted molar refractivity (Wildman–Crippen MR) is 97.4 cm³/mol. The monoisotopic (exact) mass is 322 g/mol. The summed E-state index contributed by atoms with van der Waals surface area (Å²) >= 11 is 1.68. The zero-order chi connectivity index (χ0) is 16.1. The highest BCUT2D eigenvalue weighted by molar-refractivity contribution is 7.19. The van der Waals surface area contributed by atoms with Crippen LogP contribution in [0.25, 0.3) is 16.2 Å². The highest BCUT2D eigenvalue weighted by atomic mass is 32.1. The van der Waals surface area contributed by atoms with Crippen molar-refractivity contribution in [2.75, 3.05) is 6.61 Å². The largest absolute Gasteiger partial charge is 0.493 e. The minimum Gasteiger partial charge on any atom is -0.493 e.